The van der Waals surface area contributed by atoms with Crippen LogP contribution in [0, 0.1) is 19.8 Å². The number of carbonyl (C=O) groups is 3. The fraction of sp³-hybridized carbons (Fsp3) is 0.462. The van der Waals surface area contributed by atoms with Crippen LogP contribution in [0.3, 0.4) is 0 Å². The number of aldehydes is 1. The molecule has 3 saturated heterocycles. The molecule has 1 aromatic carbocycles. The molecule has 0 radical (unpaired) electrons. The molecular weight excluding hydrogens is 724 g/mol. The number of thiazole rings is 1. The van der Waals surface area contributed by atoms with E-state index in [1.54, 1.807) is 12.4 Å². The van der Waals surface area contributed by atoms with Crippen molar-refractivity contribution in [3.63, 3.8) is 0 Å². The van der Waals surface area contributed by atoms with Gasteiger partial charge in [-0.2, -0.15) is 0 Å². The zero-order chi connectivity index (χ0) is 38.6. The molecule has 15 heteroatoms. The molecule has 0 saturated carbocycles. The minimum absolute atomic E-state index is 0.196. The second-order valence-electron chi connectivity index (χ2n) is 13.3. The minimum Gasteiger partial charge on any atom is -0.387 e. The highest BCUT2D eigenvalue weighted by Crippen LogP contribution is 2.30. The summed E-state index contributed by atoms with van der Waals surface area (Å²) in [5, 5.41) is 10.1. The zero-order valence-corrected chi connectivity index (χ0v) is 33.3. The zero-order valence-electron chi connectivity index (χ0n) is 31.8. The van der Waals surface area contributed by atoms with Gasteiger partial charge in [-0.05, 0) is 62.3 Å². The number of benzene rings is 1. The molecule has 3 aliphatic rings. The molecule has 3 fully saturated rings. The van der Waals surface area contributed by atoms with Gasteiger partial charge >= 0.3 is 0 Å². The number of hydrogen-bond acceptors (Lipinski definition) is 13. The SMILES string of the molecule is CC.CNc1c(C)cccc1Cl.Cc1nc(Nc2ncc(C=O)s2)cc(N2CCN(CC3CCN(c4cncc(C5CCC(=O)NC5=O)c4)CC3)CC2)n1. The van der Waals surface area contributed by atoms with Crippen LogP contribution in [0.25, 0.3) is 0 Å². The van der Waals surface area contributed by atoms with Gasteiger partial charge in [-0.25, -0.2) is 15.0 Å². The predicted molar refractivity (Wildman–Crippen MR) is 218 cm³/mol. The Morgan fingerprint density at radius 3 is 2.37 bits per heavy atom. The second kappa shape index (κ2) is 19.6. The Bertz CT molecular complexity index is 1850. The van der Waals surface area contributed by atoms with Crippen LogP contribution >= 0.6 is 22.9 Å². The molecule has 2 amide bonds. The van der Waals surface area contributed by atoms with Gasteiger partial charge in [-0.3, -0.25) is 29.6 Å². The smallest absolute Gasteiger partial charge is 0.234 e. The van der Waals surface area contributed by atoms with Crippen molar-refractivity contribution < 1.29 is 14.4 Å². The third-order valence-corrected chi connectivity index (χ3v) is 10.9. The number of nitrogens with zero attached hydrogens (tertiary/aromatic N) is 7. The van der Waals surface area contributed by atoms with E-state index in [1.165, 1.54) is 16.9 Å². The molecule has 7 rings (SSSR count). The number of halogens is 1. The van der Waals surface area contributed by atoms with Crippen LogP contribution in [0.1, 0.15) is 72.1 Å². The number of aromatic nitrogens is 4. The Hall–Kier alpha value is -4.66. The molecule has 288 valence electrons. The van der Waals surface area contributed by atoms with Crippen LogP contribution in [-0.2, 0) is 9.59 Å². The van der Waals surface area contributed by atoms with Crippen LogP contribution in [0.4, 0.5) is 28.1 Å². The number of nitrogens with one attached hydrogen (secondary N) is 3. The molecule has 0 aliphatic carbocycles. The number of piperazine rings is 1. The summed E-state index contributed by atoms with van der Waals surface area (Å²) >= 11 is 7.16. The number of carbonyl (C=O) groups excluding carboxylic acids is 3. The first-order valence-electron chi connectivity index (χ1n) is 18.7. The molecule has 0 spiro atoms. The highest BCUT2D eigenvalue weighted by Gasteiger charge is 2.30. The maximum absolute atomic E-state index is 12.3. The van der Waals surface area contributed by atoms with Crippen molar-refractivity contribution in [3.8, 4) is 0 Å². The predicted octanol–water partition coefficient (Wildman–Crippen LogP) is 6.47. The normalized spacial score (nSPS) is 17.8. The number of pyridine rings is 1. The molecule has 4 aromatic rings. The standard InChI is InChI=1S/C29H35N9O3S.C8H10ClN.C2H6/c1-19-32-25(34-29-31-16-23(18-39)42-29)13-26(33-19)38-10-8-36(9-11-38)17-20-4-6-37(7-5-20)22-12-21(14-30-15-22)24-2-3-27(40)35-28(24)41;1-6-4-3-5-7(9)8(6)10-2;1-2/h12-16,18,20,24H,2-11,17H2,1H3,(H,35,40,41)(H,31,32,33,34);3-5,10H,1-2H3;1-2H3. The van der Waals surface area contributed by atoms with Crippen LogP contribution in [0.5, 0.6) is 0 Å². The van der Waals surface area contributed by atoms with Gasteiger partial charge in [0, 0.05) is 71.5 Å². The van der Waals surface area contributed by atoms with Gasteiger partial charge in [-0.15, -0.1) is 0 Å². The minimum atomic E-state index is -0.310. The van der Waals surface area contributed by atoms with Crippen LogP contribution in [0.2, 0.25) is 5.02 Å². The van der Waals surface area contributed by atoms with Gasteiger partial charge in [0.1, 0.15) is 17.5 Å². The van der Waals surface area contributed by atoms with Gasteiger partial charge < -0.3 is 20.4 Å². The highest BCUT2D eigenvalue weighted by molar-refractivity contribution is 7.17. The average molecular weight is 775 g/mol. The molecule has 1 atom stereocenters. The largest absolute Gasteiger partial charge is 0.387 e. The molecule has 0 bridgehead atoms. The lowest BCUT2D eigenvalue weighted by atomic mass is 9.91. The van der Waals surface area contributed by atoms with Gasteiger partial charge in [0.2, 0.25) is 11.8 Å². The van der Waals surface area contributed by atoms with E-state index < -0.39 is 0 Å². The van der Waals surface area contributed by atoms with E-state index in [0.717, 1.165) is 92.7 Å². The van der Waals surface area contributed by atoms with E-state index in [2.05, 4.69) is 56.7 Å². The van der Waals surface area contributed by atoms with E-state index in [-0.39, 0.29) is 17.7 Å². The first kappa shape index (κ1) is 40.5. The number of amides is 2. The van der Waals surface area contributed by atoms with Crippen LogP contribution in [0.15, 0.2) is 48.9 Å². The van der Waals surface area contributed by atoms with Gasteiger partial charge in [0.25, 0.3) is 0 Å². The first-order valence-corrected chi connectivity index (χ1v) is 19.9. The summed E-state index contributed by atoms with van der Waals surface area (Å²) in [4.78, 5) is 60.5. The lowest BCUT2D eigenvalue weighted by Crippen LogP contribution is -2.49. The van der Waals surface area contributed by atoms with Crippen LogP contribution < -0.4 is 25.8 Å². The number of piperidine rings is 2. The summed E-state index contributed by atoms with van der Waals surface area (Å²) < 4.78 is 0. The van der Waals surface area contributed by atoms with E-state index in [0.29, 0.717) is 40.4 Å². The Balaban J connectivity index is 0.000000402. The molecule has 13 nitrogen and oxygen atoms in total. The van der Waals surface area contributed by atoms with E-state index in [4.69, 9.17) is 11.6 Å². The van der Waals surface area contributed by atoms with Gasteiger partial charge in [-0.1, -0.05) is 48.9 Å². The monoisotopic (exact) mass is 774 g/mol. The number of imide groups is 1. The van der Waals surface area contributed by atoms with E-state index in [1.807, 2.05) is 65.2 Å². The summed E-state index contributed by atoms with van der Waals surface area (Å²) in [6, 6.07) is 9.86. The first-order chi connectivity index (χ1) is 26.2. The molecule has 54 heavy (non-hydrogen) atoms. The fourth-order valence-corrected chi connectivity index (χ4v) is 7.91. The second-order valence-corrected chi connectivity index (χ2v) is 14.8. The lowest BCUT2D eigenvalue weighted by Gasteiger charge is -2.39. The van der Waals surface area contributed by atoms with Crippen molar-refractivity contribution in [2.45, 2.75) is 59.3 Å². The number of aryl methyl sites for hydroxylation is 2. The van der Waals surface area contributed by atoms with Gasteiger partial charge in [0.15, 0.2) is 11.4 Å². The van der Waals surface area contributed by atoms with Crippen LogP contribution in [-0.4, -0.2) is 95.8 Å². The molecule has 3 aromatic heterocycles. The summed E-state index contributed by atoms with van der Waals surface area (Å²) in [7, 11) is 1.87. The highest BCUT2D eigenvalue weighted by atomic mass is 35.5. The Morgan fingerprint density at radius 1 is 0.963 bits per heavy atom. The quantitative estimate of drug-likeness (QED) is 0.127. The Kier molecular flexibility index (Phi) is 14.7. The van der Waals surface area contributed by atoms with Gasteiger partial charge in [0.05, 0.1) is 39.6 Å². The number of anilines is 5. The van der Waals surface area contributed by atoms with Crippen molar-refractivity contribution in [1.29, 1.82) is 0 Å². The Morgan fingerprint density at radius 2 is 1.72 bits per heavy atom. The van der Waals surface area contributed by atoms with Crippen molar-refractivity contribution in [1.82, 2.24) is 30.2 Å². The summed E-state index contributed by atoms with van der Waals surface area (Å²) in [6.45, 7) is 14.7. The number of para-hydroxylation sites is 1. The fourth-order valence-electron chi connectivity index (χ4n) is 6.95. The van der Waals surface area contributed by atoms with E-state index >= 15 is 0 Å². The van der Waals surface area contributed by atoms with Crippen molar-refractivity contribution in [3.05, 3.63) is 75.8 Å². The maximum atomic E-state index is 12.3. The topological polar surface area (TPSA) is 149 Å². The summed E-state index contributed by atoms with van der Waals surface area (Å²) in [5.74, 6) is 2.18. The lowest BCUT2D eigenvalue weighted by molar-refractivity contribution is -0.134. The molecule has 6 heterocycles. The molecule has 3 aliphatic heterocycles. The van der Waals surface area contributed by atoms with E-state index in [9.17, 15) is 14.4 Å². The van der Waals surface area contributed by atoms with Crippen molar-refractivity contribution in [2.75, 3.05) is 73.3 Å². The van der Waals surface area contributed by atoms with Crippen molar-refractivity contribution >= 4 is 69.2 Å². The maximum Gasteiger partial charge on any atom is 0.234 e. The number of hydrogen-bond donors (Lipinski definition) is 3. The summed E-state index contributed by atoms with van der Waals surface area (Å²) in [5.41, 5.74) is 4.13. The van der Waals surface area contributed by atoms with Crippen molar-refractivity contribution in [2.24, 2.45) is 5.92 Å². The summed E-state index contributed by atoms with van der Waals surface area (Å²) in [6.07, 6.45) is 9.12. The molecule has 3 N–H and O–H groups in total. The third kappa shape index (κ3) is 10.7. The Labute approximate surface area is 326 Å². The molecular formula is C39H51ClN10O3S. The average Bonchev–Trinajstić information content (AvgIpc) is 3.64. The molecule has 1 unspecified atom stereocenters. The number of rotatable bonds is 9. The third-order valence-electron chi connectivity index (χ3n) is 9.75.